The Labute approximate surface area is 370 Å². The Morgan fingerprint density at radius 1 is 0.590 bits per heavy atom. The largest absolute Gasteiger partial charge is 0.394 e. The van der Waals surface area contributed by atoms with Crippen molar-refractivity contribution in [2.75, 3.05) is 13.2 Å². The van der Waals surface area contributed by atoms with Crippen LogP contribution in [0, 0.1) is 0 Å². The van der Waals surface area contributed by atoms with E-state index in [-0.39, 0.29) is 12.8 Å². The molecule has 1 saturated heterocycles. The molecule has 0 bridgehead atoms. The summed E-state index contributed by atoms with van der Waals surface area (Å²) in [7, 11) is 0. The maximum Gasteiger partial charge on any atom is 0.249 e. The molecule has 61 heavy (non-hydrogen) atoms. The van der Waals surface area contributed by atoms with Gasteiger partial charge in [-0.1, -0.05) is 158 Å². The first-order chi connectivity index (χ1) is 29.7. The van der Waals surface area contributed by atoms with Crippen LogP contribution in [0.15, 0.2) is 48.6 Å². The monoisotopic (exact) mass is 866 g/mol. The van der Waals surface area contributed by atoms with Gasteiger partial charge in [0, 0.05) is 0 Å². The summed E-state index contributed by atoms with van der Waals surface area (Å²) in [5.74, 6) is -0.720. The highest BCUT2D eigenvalue weighted by Crippen LogP contribution is 2.23. The van der Waals surface area contributed by atoms with E-state index >= 15 is 0 Å². The molecule has 9 unspecified atom stereocenters. The van der Waals surface area contributed by atoms with E-state index in [9.17, 15) is 40.5 Å². The van der Waals surface area contributed by atoms with Gasteiger partial charge in [0.2, 0.25) is 5.91 Å². The zero-order chi connectivity index (χ0) is 44.8. The van der Waals surface area contributed by atoms with Crippen molar-refractivity contribution in [3.8, 4) is 0 Å². The van der Waals surface area contributed by atoms with Crippen LogP contribution in [-0.4, -0.2) is 110 Å². The standard InChI is InChI=1S/C50H91NO10/c1-3-5-7-9-11-13-15-17-18-19-20-21-22-23-24-25-26-28-30-32-34-36-38-43(54)49(59)51-41(40-60-50-48(58)47(57)46(56)44(39-52)61-50)45(55)42(53)37-35-33-31-29-27-16-14-12-10-8-6-4-2/h4,6,12,14,23-24,29,31,41-48,50,52-58H,3,5,7-11,13,15-22,25-28,30,32-40H2,1-2H3,(H,51,59)/b6-4+,14-12+,24-23-,31-29+. The lowest BCUT2D eigenvalue weighted by atomic mass is 9.98. The van der Waals surface area contributed by atoms with Gasteiger partial charge in [-0.05, 0) is 84.0 Å². The Morgan fingerprint density at radius 2 is 1.05 bits per heavy atom. The van der Waals surface area contributed by atoms with E-state index < -0.39 is 74.2 Å². The summed E-state index contributed by atoms with van der Waals surface area (Å²) in [6.07, 6.45) is 36.1. The van der Waals surface area contributed by atoms with Crippen molar-refractivity contribution in [2.45, 2.75) is 249 Å². The molecule has 0 spiro atoms. The van der Waals surface area contributed by atoms with Crippen LogP contribution >= 0.6 is 0 Å². The lowest BCUT2D eigenvalue weighted by molar-refractivity contribution is -0.303. The predicted molar refractivity (Wildman–Crippen MR) is 247 cm³/mol. The maximum absolute atomic E-state index is 13.1. The minimum atomic E-state index is -1.67. The smallest absolute Gasteiger partial charge is 0.249 e. The molecule has 1 amide bonds. The minimum Gasteiger partial charge on any atom is -0.394 e. The third-order valence-electron chi connectivity index (χ3n) is 11.7. The molecule has 1 fully saturated rings. The number of amides is 1. The van der Waals surface area contributed by atoms with Gasteiger partial charge >= 0.3 is 0 Å². The first-order valence-corrected chi connectivity index (χ1v) is 24.5. The third kappa shape index (κ3) is 29.2. The average molecular weight is 866 g/mol. The number of carbonyl (C=O) groups is 1. The Kier molecular flexibility index (Phi) is 37.1. The summed E-state index contributed by atoms with van der Waals surface area (Å²) in [5.41, 5.74) is 0. The molecular weight excluding hydrogens is 775 g/mol. The van der Waals surface area contributed by atoms with Crippen LogP contribution in [0.3, 0.4) is 0 Å². The number of hydrogen-bond acceptors (Lipinski definition) is 10. The SMILES string of the molecule is C/C=C/CC/C=C/CC/C=C/CCCC(O)C(O)C(COC1OC(CO)C(O)C(O)C1O)NC(=O)C(O)CCCCCCCC/C=C\CCCCCCCCCCCCCC. The highest BCUT2D eigenvalue weighted by molar-refractivity contribution is 5.80. The van der Waals surface area contributed by atoms with Crippen LogP contribution in [0.4, 0.5) is 0 Å². The van der Waals surface area contributed by atoms with E-state index in [0.29, 0.717) is 19.3 Å². The van der Waals surface area contributed by atoms with Gasteiger partial charge in [0.05, 0.1) is 25.4 Å². The number of aliphatic hydroxyl groups excluding tert-OH is 7. The number of ether oxygens (including phenoxy) is 2. The van der Waals surface area contributed by atoms with Crippen LogP contribution in [0.1, 0.15) is 194 Å². The summed E-state index contributed by atoms with van der Waals surface area (Å²) < 4.78 is 11.1. The maximum atomic E-state index is 13.1. The second-order valence-electron chi connectivity index (χ2n) is 17.2. The normalized spacial score (nSPS) is 21.9. The van der Waals surface area contributed by atoms with Crippen molar-refractivity contribution < 1.29 is 50.0 Å². The molecule has 1 aliphatic rings. The molecule has 0 radical (unpaired) electrons. The van der Waals surface area contributed by atoms with Crippen LogP contribution < -0.4 is 5.32 Å². The topological polar surface area (TPSA) is 189 Å². The number of aliphatic hydroxyl groups is 7. The number of unbranched alkanes of at least 4 members (excludes halogenated alkanes) is 21. The summed E-state index contributed by atoms with van der Waals surface area (Å²) in [6.45, 7) is 3.20. The lowest BCUT2D eigenvalue weighted by Gasteiger charge is -2.40. The highest BCUT2D eigenvalue weighted by Gasteiger charge is 2.44. The second-order valence-corrected chi connectivity index (χ2v) is 17.2. The van der Waals surface area contributed by atoms with Gasteiger partial charge in [-0.3, -0.25) is 4.79 Å². The van der Waals surface area contributed by atoms with Gasteiger partial charge in [-0.25, -0.2) is 0 Å². The number of hydrogen-bond donors (Lipinski definition) is 8. The number of allylic oxidation sites excluding steroid dienone is 8. The van der Waals surface area contributed by atoms with E-state index in [4.69, 9.17) is 9.47 Å². The second kappa shape index (κ2) is 39.6. The Balaban J connectivity index is 2.39. The van der Waals surface area contributed by atoms with Crippen LogP contribution in [0.2, 0.25) is 0 Å². The summed E-state index contributed by atoms with van der Waals surface area (Å²) in [6, 6.07) is -1.20. The fourth-order valence-electron chi connectivity index (χ4n) is 7.59. The van der Waals surface area contributed by atoms with Gasteiger partial charge in [0.1, 0.15) is 36.6 Å². The van der Waals surface area contributed by atoms with E-state index in [1.807, 2.05) is 13.0 Å². The Bertz CT molecular complexity index is 1130. The van der Waals surface area contributed by atoms with Crippen molar-refractivity contribution >= 4 is 5.91 Å². The Hall–Kier alpha value is -1.93. The highest BCUT2D eigenvalue weighted by atomic mass is 16.7. The van der Waals surface area contributed by atoms with Crippen LogP contribution in [0.5, 0.6) is 0 Å². The predicted octanol–water partition coefficient (Wildman–Crippen LogP) is 8.56. The zero-order valence-corrected chi connectivity index (χ0v) is 38.4. The van der Waals surface area contributed by atoms with E-state index in [1.54, 1.807) is 0 Å². The number of rotatable bonds is 40. The first kappa shape index (κ1) is 57.1. The molecule has 1 rings (SSSR count). The van der Waals surface area contributed by atoms with Gasteiger partial charge in [-0.2, -0.15) is 0 Å². The summed E-state index contributed by atoms with van der Waals surface area (Å²) in [5, 5.41) is 75.6. The number of carbonyl (C=O) groups excluding carboxylic acids is 1. The van der Waals surface area contributed by atoms with Crippen LogP contribution in [-0.2, 0) is 14.3 Å². The molecule has 8 N–H and O–H groups in total. The van der Waals surface area contributed by atoms with Crippen molar-refractivity contribution in [2.24, 2.45) is 0 Å². The molecule has 11 nitrogen and oxygen atoms in total. The van der Waals surface area contributed by atoms with E-state index in [2.05, 4.69) is 54.8 Å². The lowest BCUT2D eigenvalue weighted by Crippen LogP contribution is -2.60. The molecule has 11 heteroatoms. The molecule has 0 aromatic rings. The molecule has 1 aliphatic heterocycles. The van der Waals surface area contributed by atoms with Crippen molar-refractivity contribution in [1.82, 2.24) is 5.32 Å². The summed E-state index contributed by atoms with van der Waals surface area (Å²) >= 11 is 0. The van der Waals surface area contributed by atoms with Crippen LogP contribution in [0.25, 0.3) is 0 Å². The van der Waals surface area contributed by atoms with Gasteiger partial charge in [0.25, 0.3) is 0 Å². The molecule has 0 aliphatic carbocycles. The van der Waals surface area contributed by atoms with E-state index in [0.717, 1.165) is 64.2 Å². The number of nitrogens with one attached hydrogen (secondary N) is 1. The molecule has 1 heterocycles. The van der Waals surface area contributed by atoms with Crippen molar-refractivity contribution in [3.63, 3.8) is 0 Å². The molecule has 356 valence electrons. The fraction of sp³-hybridized carbons (Fsp3) is 0.820. The molecule has 0 aromatic heterocycles. The van der Waals surface area contributed by atoms with Gasteiger partial charge < -0.3 is 50.5 Å². The minimum absolute atomic E-state index is 0.237. The van der Waals surface area contributed by atoms with Gasteiger partial charge in [0.15, 0.2) is 6.29 Å². The molecule has 0 aromatic carbocycles. The van der Waals surface area contributed by atoms with Crippen molar-refractivity contribution in [1.29, 1.82) is 0 Å². The first-order valence-electron chi connectivity index (χ1n) is 24.5. The third-order valence-corrected chi connectivity index (χ3v) is 11.7. The average Bonchev–Trinajstić information content (AvgIpc) is 3.26. The quantitative estimate of drug-likeness (QED) is 0.0219. The Morgan fingerprint density at radius 3 is 1.56 bits per heavy atom. The molecular formula is C50H91NO10. The molecule has 0 saturated carbocycles. The van der Waals surface area contributed by atoms with Gasteiger partial charge in [-0.15, -0.1) is 0 Å². The zero-order valence-electron chi connectivity index (χ0n) is 38.4. The van der Waals surface area contributed by atoms with Crippen molar-refractivity contribution in [3.05, 3.63) is 48.6 Å². The molecule has 9 atom stereocenters. The summed E-state index contributed by atoms with van der Waals surface area (Å²) in [4.78, 5) is 13.1. The fourth-order valence-corrected chi connectivity index (χ4v) is 7.59. The van der Waals surface area contributed by atoms with E-state index in [1.165, 1.54) is 83.5 Å².